The highest BCUT2D eigenvalue weighted by Crippen LogP contribution is 2.19. The van der Waals surface area contributed by atoms with Gasteiger partial charge in [0.2, 0.25) is 0 Å². The van der Waals surface area contributed by atoms with Crippen LogP contribution in [0.5, 0.6) is 5.75 Å². The Hall–Kier alpha value is -3.21. The molecule has 0 aliphatic heterocycles. The van der Waals surface area contributed by atoms with Crippen LogP contribution in [0, 0.1) is 0 Å². The van der Waals surface area contributed by atoms with Gasteiger partial charge < -0.3 is 15.0 Å². The molecule has 0 saturated carbocycles. The molecule has 0 atom stereocenters. The lowest BCUT2D eigenvalue weighted by molar-refractivity contribution is 0.475. The molecule has 2 N–H and O–H groups in total. The number of hydrogen-bond acceptors (Lipinski definition) is 3. The first-order valence-electron chi connectivity index (χ1n) is 8.73. The summed E-state index contributed by atoms with van der Waals surface area (Å²) in [6.07, 6.45) is 12.5. The number of anilines is 1. The van der Waals surface area contributed by atoms with Gasteiger partial charge in [-0.05, 0) is 42.3 Å². The monoisotopic (exact) mass is 346 g/mol. The molecular formula is C21H22N4O. The molecule has 132 valence electrons. The first-order valence-corrected chi connectivity index (χ1v) is 8.73. The Morgan fingerprint density at radius 2 is 1.96 bits per heavy atom. The lowest BCUT2D eigenvalue weighted by Gasteiger charge is -2.09. The Bertz CT molecular complexity index is 1100. The minimum absolute atomic E-state index is 0.258. The molecule has 0 spiro atoms. The minimum atomic E-state index is 0.258. The molecule has 1 aliphatic carbocycles. The first-order chi connectivity index (χ1) is 12.6. The SMILES string of the molecule is Cn1cc(-c2cc3c(n2C)=CC(Nc2cccc(O)c2)=CCCC=3)cn1. The second-order valence-electron chi connectivity index (χ2n) is 6.59. The predicted molar refractivity (Wildman–Crippen MR) is 105 cm³/mol. The van der Waals surface area contributed by atoms with Crippen molar-refractivity contribution in [3.05, 3.63) is 65.1 Å². The summed E-state index contributed by atoms with van der Waals surface area (Å²) < 4.78 is 4.02. The van der Waals surface area contributed by atoms with Gasteiger partial charge in [0.05, 0.1) is 11.9 Å². The number of nitrogens with zero attached hydrogens (tertiary/aromatic N) is 3. The number of phenolic OH excluding ortho intramolecular Hbond substituents is 1. The lowest BCUT2D eigenvalue weighted by Crippen LogP contribution is -2.29. The third-order valence-electron chi connectivity index (χ3n) is 4.63. The minimum Gasteiger partial charge on any atom is -0.508 e. The van der Waals surface area contributed by atoms with Crippen molar-refractivity contribution in [3.8, 4) is 17.0 Å². The van der Waals surface area contributed by atoms with E-state index in [2.05, 4.69) is 46.3 Å². The smallest absolute Gasteiger partial charge is 0.117 e. The quantitative estimate of drug-likeness (QED) is 0.766. The van der Waals surface area contributed by atoms with Gasteiger partial charge in [-0.2, -0.15) is 5.10 Å². The van der Waals surface area contributed by atoms with Crippen LogP contribution in [-0.2, 0) is 14.1 Å². The van der Waals surface area contributed by atoms with Crippen LogP contribution in [0.25, 0.3) is 23.4 Å². The molecule has 3 aromatic rings. The maximum absolute atomic E-state index is 9.69. The molecule has 0 unspecified atom stereocenters. The highest BCUT2D eigenvalue weighted by molar-refractivity contribution is 5.64. The molecule has 2 heterocycles. The van der Waals surface area contributed by atoms with E-state index in [0.29, 0.717) is 0 Å². The zero-order valence-corrected chi connectivity index (χ0v) is 15.0. The Morgan fingerprint density at radius 3 is 2.73 bits per heavy atom. The highest BCUT2D eigenvalue weighted by atomic mass is 16.3. The fraction of sp³-hybridized carbons (Fsp3) is 0.190. The number of aromatic nitrogens is 3. The second-order valence-corrected chi connectivity index (χ2v) is 6.59. The molecule has 5 heteroatoms. The number of benzene rings is 1. The molecule has 0 radical (unpaired) electrons. The molecule has 0 fully saturated rings. The van der Waals surface area contributed by atoms with E-state index in [1.807, 2.05) is 36.3 Å². The van der Waals surface area contributed by atoms with Gasteiger partial charge in [0.1, 0.15) is 5.75 Å². The Balaban J connectivity index is 1.78. The van der Waals surface area contributed by atoms with Crippen LogP contribution in [0.4, 0.5) is 5.69 Å². The summed E-state index contributed by atoms with van der Waals surface area (Å²) >= 11 is 0. The third-order valence-corrected chi connectivity index (χ3v) is 4.63. The van der Waals surface area contributed by atoms with Crippen molar-refractivity contribution in [1.82, 2.24) is 14.3 Å². The van der Waals surface area contributed by atoms with Gasteiger partial charge in [0, 0.05) is 48.7 Å². The molecule has 1 aromatic carbocycles. The summed E-state index contributed by atoms with van der Waals surface area (Å²) in [4.78, 5) is 0. The van der Waals surface area contributed by atoms with Crippen LogP contribution in [0.15, 0.2) is 54.5 Å². The number of rotatable bonds is 3. The van der Waals surface area contributed by atoms with Crippen LogP contribution < -0.4 is 15.9 Å². The standard InChI is InChI=1S/C21H22N4O/c1-24-14-16(13-22-24)20-10-15-6-3-4-7-18(12-21(15)25(20)2)23-17-8-5-9-19(26)11-17/h5-14,23,26H,3-4H2,1-2H3. The van der Waals surface area contributed by atoms with E-state index in [1.165, 1.54) is 5.22 Å². The third kappa shape index (κ3) is 3.16. The van der Waals surface area contributed by atoms with Gasteiger partial charge in [-0.3, -0.25) is 4.68 Å². The molecule has 1 aliphatic rings. The van der Waals surface area contributed by atoms with Crippen molar-refractivity contribution in [3.63, 3.8) is 0 Å². The molecule has 5 nitrogen and oxygen atoms in total. The van der Waals surface area contributed by atoms with Crippen molar-refractivity contribution in [2.45, 2.75) is 12.8 Å². The number of phenols is 1. The molecule has 2 aromatic heterocycles. The Morgan fingerprint density at radius 1 is 1.12 bits per heavy atom. The van der Waals surface area contributed by atoms with Gasteiger partial charge in [0.25, 0.3) is 0 Å². The second kappa shape index (κ2) is 6.59. The van der Waals surface area contributed by atoms with E-state index in [9.17, 15) is 5.11 Å². The fourth-order valence-electron chi connectivity index (χ4n) is 3.34. The summed E-state index contributed by atoms with van der Waals surface area (Å²) in [5.74, 6) is 0.258. The van der Waals surface area contributed by atoms with Crippen LogP contribution >= 0.6 is 0 Å². The topological polar surface area (TPSA) is 55.0 Å². The van der Waals surface area contributed by atoms with Crippen molar-refractivity contribution >= 4 is 17.8 Å². The van der Waals surface area contributed by atoms with Crippen LogP contribution in [-0.4, -0.2) is 19.5 Å². The average molecular weight is 346 g/mol. The number of nitrogens with one attached hydrogen (secondary N) is 1. The van der Waals surface area contributed by atoms with E-state index >= 15 is 0 Å². The van der Waals surface area contributed by atoms with Crippen molar-refractivity contribution in [2.24, 2.45) is 14.1 Å². The molecule has 4 rings (SSSR count). The van der Waals surface area contributed by atoms with Crippen LogP contribution in [0.1, 0.15) is 12.8 Å². The fourth-order valence-corrected chi connectivity index (χ4v) is 3.34. The van der Waals surface area contributed by atoms with E-state index < -0.39 is 0 Å². The maximum atomic E-state index is 9.69. The zero-order valence-electron chi connectivity index (χ0n) is 15.0. The van der Waals surface area contributed by atoms with Gasteiger partial charge in [-0.1, -0.05) is 18.2 Å². The normalized spacial score (nSPS) is 13.7. The number of allylic oxidation sites excluding steroid dienone is 2. The summed E-state index contributed by atoms with van der Waals surface area (Å²) in [5.41, 5.74) is 4.16. The van der Waals surface area contributed by atoms with Gasteiger partial charge in [-0.25, -0.2) is 0 Å². The Kier molecular flexibility index (Phi) is 4.13. The van der Waals surface area contributed by atoms with E-state index in [1.54, 1.807) is 12.1 Å². The van der Waals surface area contributed by atoms with Gasteiger partial charge in [0.15, 0.2) is 0 Å². The van der Waals surface area contributed by atoms with Gasteiger partial charge in [-0.15, -0.1) is 0 Å². The van der Waals surface area contributed by atoms with Crippen molar-refractivity contribution in [1.29, 1.82) is 0 Å². The number of aryl methyl sites for hydroxylation is 1. The lowest BCUT2D eigenvalue weighted by atomic mass is 10.1. The summed E-state index contributed by atoms with van der Waals surface area (Å²) in [6, 6.07) is 9.41. The molecular weight excluding hydrogens is 324 g/mol. The van der Waals surface area contributed by atoms with E-state index in [0.717, 1.165) is 40.8 Å². The van der Waals surface area contributed by atoms with Crippen molar-refractivity contribution < 1.29 is 5.11 Å². The van der Waals surface area contributed by atoms with Crippen LogP contribution in [0.3, 0.4) is 0 Å². The van der Waals surface area contributed by atoms with E-state index in [-0.39, 0.29) is 5.75 Å². The molecule has 26 heavy (non-hydrogen) atoms. The summed E-state index contributed by atoms with van der Waals surface area (Å²) in [7, 11) is 4.01. The predicted octanol–water partition coefficient (Wildman–Crippen LogP) is 2.48. The number of aromatic hydroxyl groups is 1. The van der Waals surface area contributed by atoms with Crippen LogP contribution in [0.2, 0.25) is 0 Å². The maximum Gasteiger partial charge on any atom is 0.117 e. The molecule has 0 amide bonds. The summed E-state index contributed by atoms with van der Waals surface area (Å²) in [5, 5.41) is 19.8. The molecule has 0 saturated heterocycles. The van der Waals surface area contributed by atoms with Crippen molar-refractivity contribution in [2.75, 3.05) is 5.32 Å². The highest BCUT2D eigenvalue weighted by Gasteiger charge is 2.09. The number of fused-ring (bicyclic) bond motifs is 1. The van der Waals surface area contributed by atoms with Gasteiger partial charge >= 0.3 is 0 Å². The van der Waals surface area contributed by atoms with E-state index in [4.69, 9.17) is 0 Å². The number of hydrogen-bond donors (Lipinski definition) is 2. The largest absolute Gasteiger partial charge is 0.508 e. The molecule has 0 bridgehead atoms. The Labute approximate surface area is 152 Å². The zero-order chi connectivity index (χ0) is 18.1. The first kappa shape index (κ1) is 16.3. The average Bonchev–Trinajstić information content (AvgIpc) is 3.14. The summed E-state index contributed by atoms with van der Waals surface area (Å²) in [6.45, 7) is 0.